The van der Waals surface area contributed by atoms with Gasteiger partial charge in [0.2, 0.25) is 5.69 Å². The number of nitrogens with one attached hydrogen (secondary N) is 1. The Morgan fingerprint density at radius 3 is 2.36 bits per heavy atom. The average Bonchev–Trinajstić information content (AvgIpc) is 2.66. The summed E-state index contributed by atoms with van der Waals surface area (Å²) in [5.74, 6) is -0.641. The maximum absolute atomic E-state index is 13.0. The minimum absolute atomic E-state index is 0.0747. The number of carbonyl (C=O) groups is 1. The Morgan fingerprint density at radius 2 is 1.71 bits per heavy atom. The number of benzene rings is 2. The lowest BCUT2D eigenvalue weighted by Gasteiger charge is -2.13. The molecule has 0 bridgehead atoms. The predicted molar refractivity (Wildman–Crippen MR) is 107 cm³/mol. The molecule has 0 saturated carbocycles. The maximum atomic E-state index is 13.0. The molecule has 1 aromatic heterocycles. The van der Waals surface area contributed by atoms with Crippen molar-refractivity contribution in [2.75, 3.05) is 0 Å². The molecule has 7 nitrogen and oxygen atoms in total. The number of hydrogen-bond donors (Lipinski definition) is 1. The van der Waals surface area contributed by atoms with Gasteiger partial charge in [0.05, 0.1) is 12.2 Å². The van der Waals surface area contributed by atoms with Gasteiger partial charge in [0, 0.05) is 11.1 Å². The van der Waals surface area contributed by atoms with E-state index in [1.165, 1.54) is 0 Å². The van der Waals surface area contributed by atoms with Crippen molar-refractivity contribution >= 4 is 17.5 Å². The lowest BCUT2D eigenvalue weighted by Crippen LogP contribution is -2.46. The van der Waals surface area contributed by atoms with Gasteiger partial charge in [-0.15, -0.1) is 0 Å². The number of aromatic nitrogens is 3. The first-order valence-electron chi connectivity index (χ1n) is 8.72. The largest absolute Gasteiger partial charge is 0.352 e. The van der Waals surface area contributed by atoms with Gasteiger partial charge in [-0.05, 0) is 37.6 Å². The monoisotopic (exact) mass is 398 g/mol. The van der Waals surface area contributed by atoms with Gasteiger partial charge in [-0.25, -0.2) is 4.79 Å². The third kappa shape index (κ3) is 4.04. The summed E-state index contributed by atoms with van der Waals surface area (Å²) in [6.45, 7) is 3.47. The zero-order valence-electron chi connectivity index (χ0n) is 15.4. The lowest BCUT2D eigenvalue weighted by molar-refractivity contribution is 0.0933. The van der Waals surface area contributed by atoms with E-state index in [0.29, 0.717) is 16.3 Å². The van der Waals surface area contributed by atoms with Crippen LogP contribution in [0.2, 0.25) is 5.02 Å². The van der Waals surface area contributed by atoms with Gasteiger partial charge >= 0.3 is 5.69 Å². The molecule has 2 aromatic carbocycles. The molecule has 0 aliphatic rings. The summed E-state index contributed by atoms with van der Waals surface area (Å²) in [5, 5.41) is 7.11. The number of rotatable bonds is 5. The molecule has 1 heterocycles. The fraction of sp³-hybridized carbons (Fsp3) is 0.200. The van der Waals surface area contributed by atoms with E-state index < -0.39 is 17.2 Å². The zero-order chi connectivity index (χ0) is 20.3. The van der Waals surface area contributed by atoms with E-state index in [4.69, 9.17) is 11.6 Å². The second-order valence-electron chi connectivity index (χ2n) is 6.49. The normalized spacial score (nSPS) is 10.9. The highest BCUT2D eigenvalue weighted by Gasteiger charge is 2.21. The van der Waals surface area contributed by atoms with E-state index in [9.17, 15) is 14.4 Å². The highest BCUT2D eigenvalue weighted by atomic mass is 35.5. The summed E-state index contributed by atoms with van der Waals surface area (Å²) < 4.78 is 2.02. The van der Waals surface area contributed by atoms with Crippen LogP contribution in [0.1, 0.15) is 29.9 Å². The summed E-state index contributed by atoms with van der Waals surface area (Å²) in [6.07, 6.45) is 0. The van der Waals surface area contributed by atoms with Crippen molar-refractivity contribution in [2.24, 2.45) is 0 Å². The fourth-order valence-corrected chi connectivity index (χ4v) is 2.86. The topological polar surface area (TPSA) is 86.0 Å². The molecule has 1 N–H and O–H groups in total. The summed E-state index contributed by atoms with van der Waals surface area (Å²) >= 11 is 6.19. The van der Waals surface area contributed by atoms with Crippen molar-refractivity contribution in [1.29, 1.82) is 0 Å². The van der Waals surface area contributed by atoms with Gasteiger partial charge < -0.3 is 5.32 Å². The Bertz CT molecular complexity index is 1120. The van der Waals surface area contributed by atoms with E-state index in [0.717, 1.165) is 9.25 Å². The van der Waals surface area contributed by atoms with E-state index in [-0.39, 0.29) is 18.3 Å². The standard InChI is InChI=1S/C20H19ClN4O3/c1-13(2)22-18(26)17-19(27)24(12-14-8-6-7-11-16(14)21)20(28)25(23-17)15-9-4-3-5-10-15/h3-11,13H,12H2,1-2H3,(H,22,26). The van der Waals surface area contributed by atoms with Gasteiger partial charge in [-0.3, -0.25) is 14.2 Å². The molecule has 0 fully saturated rings. The summed E-state index contributed by atoms with van der Waals surface area (Å²) in [6, 6.07) is 15.3. The van der Waals surface area contributed by atoms with Gasteiger partial charge in [0.25, 0.3) is 11.5 Å². The molecule has 0 saturated heterocycles. The number of halogens is 1. The van der Waals surface area contributed by atoms with E-state index in [1.807, 2.05) is 0 Å². The van der Waals surface area contributed by atoms with Gasteiger partial charge in [-0.1, -0.05) is 48.0 Å². The second kappa shape index (κ2) is 8.22. The van der Waals surface area contributed by atoms with E-state index in [1.54, 1.807) is 68.4 Å². The Balaban J connectivity index is 2.22. The fourth-order valence-electron chi connectivity index (χ4n) is 2.66. The summed E-state index contributed by atoms with van der Waals surface area (Å²) in [4.78, 5) is 38.4. The van der Waals surface area contributed by atoms with Crippen LogP contribution in [0, 0.1) is 0 Å². The Kier molecular flexibility index (Phi) is 5.75. The van der Waals surface area contributed by atoms with Crippen molar-refractivity contribution in [3.8, 4) is 5.69 Å². The lowest BCUT2D eigenvalue weighted by atomic mass is 10.2. The summed E-state index contributed by atoms with van der Waals surface area (Å²) in [5.41, 5.74) is -0.750. The number of carbonyl (C=O) groups excluding carboxylic acids is 1. The SMILES string of the molecule is CC(C)NC(=O)c1nn(-c2ccccc2)c(=O)n(Cc2ccccc2Cl)c1=O. The molecular formula is C20H19ClN4O3. The molecule has 3 rings (SSSR count). The highest BCUT2D eigenvalue weighted by Crippen LogP contribution is 2.15. The van der Waals surface area contributed by atoms with Crippen LogP contribution in [0.15, 0.2) is 64.2 Å². The molecule has 0 aliphatic carbocycles. The smallest absolute Gasteiger partial charge is 0.348 e. The van der Waals surface area contributed by atoms with Crippen molar-refractivity contribution < 1.29 is 4.79 Å². The number of amides is 1. The van der Waals surface area contributed by atoms with E-state index >= 15 is 0 Å². The molecule has 0 aliphatic heterocycles. The number of para-hydroxylation sites is 1. The Labute approximate surface area is 166 Å². The molecule has 0 radical (unpaired) electrons. The van der Waals surface area contributed by atoms with Crippen molar-refractivity contribution in [1.82, 2.24) is 19.7 Å². The van der Waals surface area contributed by atoms with Crippen LogP contribution in [0.25, 0.3) is 5.69 Å². The first-order chi connectivity index (χ1) is 13.4. The van der Waals surface area contributed by atoms with Crippen LogP contribution < -0.4 is 16.6 Å². The van der Waals surface area contributed by atoms with Gasteiger partial charge in [0.15, 0.2) is 0 Å². The Hall–Kier alpha value is -3.19. The first kappa shape index (κ1) is 19.6. The molecule has 1 amide bonds. The highest BCUT2D eigenvalue weighted by molar-refractivity contribution is 6.31. The predicted octanol–water partition coefficient (Wildman–Crippen LogP) is 2.23. The molecule has 28 heavy (non-hydrogen) atoms. The molecule has 0 unspecified atom stereocenters. The van der Waals surface area contributed by atoms with Crippen LogP contribution >= 0.6 is 11.6 Å². The second-order valence-corrected chi connectivity index (χ2v) is 6.90. The van der Waals surface area contributed by atoms with Crippen LogP contribution in [-0.4, -0.2) is 26.3 Å². The van der Waals surface area contributed by atoms with Crippen molar-refractivity contribution in [2.45, 2.75) is 26.4 Å². The van der Waals surface area contributed by atoms with Crippen LogP contribution in [0.3, 0.4) is 0 Å². The summed E-state index contributed by atoms with van der Waals surface area (Å²) in [7, 11) is 0. The Morgan fingerprint density at radius 1 is 1.07 bits per heavy atom. The third-order valence-electron chi connectivity index (χ3n) is 3.98. The molecule has 8 heteroatoms. The van der Waals surface area contributed by atoms with E-state index in [2.05, 4.69) is 10.4 Å². The van der Waals surface area contributed by atoms with Gasteiger partial charge in [0.1, 0.15) is 0 Å². The molecule has 144 valence electrons. The molecule has 3 aromatic rings. The number of nitrogens with zero attached hydrogens (tertiary/aromatic N) is 3. The minimum Gasteiger partial charge on any atom is -0.348 e. The first-order valence-corrected chi connectivity index (χ1v) is 9.10. The van der Waals surface area contributed by atoms with Crippen LogP contribution in [-0.2, 0) is 6.54 Å². The van der Waals surface area contributed by atoms with Crippen LogP contribution in [0.4, 0.5) is 0 Å². The average molecular weight is 399 g/mol. The maximum Gasteiger partial charge on any atom is 0.352 e. The minimum atomic E-state index is -0.768. The third-order valence-corrected chi connectivity index (χ3v) is 4.35. The van der Waals surface area contributed by atoms with Crippen molar-refractivity contribution in [3.63, 3.8) is 0 Å². The van der Waals surface area contributed by atoms with Gasteiger partial charge in [-0.2, -0.15) is 9.78 Å². The molecule has 0 spiro atoms. The number of hydrogen-bond acceptors (Lipinski definition) is 4. The molecule has 0 atom stereocenters. The van der Waals surface area contributed by atoms with Crippen LogP contribution in [0.5, 0.6) is 0 Å². The van der Waals surface area contributed by atoms with Crippen molar-refractivity contribution in [3.05, 3.63) is 91.7 Å². The molecular weight excluding hydrogens is 380 g/mol. The quantitative estimate of drug-likeness (QED) is 0.714. The zero-order valence-corrected chi connectivity index (χ0v) is 16.2.